The average molecular weight is 258 g/mol. The van der Waals surface area contributed by atoms with Gasteiger partial charge in [0.15, 0.2) is 0 Å². The number of hydrogen-bond acceptors (Lipinski definition) is 5. The number of ether oxygens (including phenoxy) is 1. The van der Waals surface area contributed by atoms with Crippen LogP contribution in [0.25, 0.3) is 0 Å². The summed E-state index contributed by atoms with van der Waals surface area (Å²) in [5.74, 6) is 0. The third-order valence-electron chi connectivity index (χ3n) is 3.01. The second-order valence-corrected chi connectivity index (χ2v) is 4.67. The monoisotopic (exact) mass is 258 g/mol. The van der Waals surface area contributed by atoms with E-state index < -0.39 is 0 Å². The van der Waals surface area contributed by atoms with Crippen LogP contribution >= 0.6 is 0 Å². The van der Waals surface area contributed by atoms with Gasteiger partial charge in [0.25, 0.3) is 0 Å². The van der Waals surface area contributed by atoms with Crippen molar-refractivity contribution in [1.29, 1.82) is 0 Å². The standard InChI is InChI=1S/C5H11N.C4H10N2.C4H9NO/c1-2-4-6-5-3-1;1-2-6-4-3-5-1;1-3-6-4-2-5-1/h6H,1-5H2;5-6H,1-4H2;5H,1-4H2. The van der Waals surface area contributed by atoms with Gasteiger partial charge in [-0.25, -0.2) is 0 Å². The zero-order valence-corrected chi connectivity index (χ0v) is 11.6. The van der Waals surface area contributed by atoms with E-state index in [1.54, 1.807) is 0 Å². The normalized spacial score (nSPS) is 24.0. The molecule has 5 nitrogen and oxygen atoms in total. The van der Waals surface area contributed by atoms with E-state index in [0.717, 1.165) is 52.5 Å². The topological polar surface area (TPSA) is 57.3 Å². The smallest absolute Gasteiger partial charge is 0.0591 e. The Labute approximate surface area is 111 Å². The Balaban J connectivity index is 0.000000135. The lowest BCUT2D eigenvalue weighted by Gasteiger charge is -2.11. The van der Waals surface area contributed by atoms with Crippen molar-refractivity contribution in [3.63, 3.8) is 0 Å². The van der Waals surface area contributed by atoms with E-state index in [-0.39, 0.29) is 0 Å². The molecule has 0 spiro atoms. The van der Waals surface area contributed by atoms with Gasteiger partial charge in [0.1, 0.15) is 0 Å². The van der Waals surface area contributed by atoms with Gasteiger partial charge < -0.3 is 26.0 Å². The van der Waals surface area contributed by atoms with Crippen molar-refractivity contribution in [2.75, 3.05) is 65.6 Å². The molecule has 3 aliphatic heterocycles. The maximum atomic E-state index is 5.01. The third-order valence-corrected chi connectivity index (χ3v) is 3.01. The van der Waals surface area contributed by atoms with E-state index in [1.807, 2.05) is 0 Å². The summed E-state index contributed by atoms with van der Waals surface area (Å²) in [6, 6.07) is 0. The number of rotatable bonds is 0. The molecule has 0 aromatic heterocycles. The molecular formula is C13H30N4O. The van der Waals surface area contributed by atoms with E-state index in [0.29, 0.717) is 0 Å². The predicted octanol–water partition coefficient (Wildman–Crippen LogP) is -0.455. The largest absolute Gasteiger partial charge is 0.379 e. The van der Waals surface area contributed by atoms with Gasteiger partial charge in [-0.05, 0) is 25.9 Å². The predicted molar refractivity (Wildman–Crippen MR) is 76.1 cm³/mol. The molecular weight excluding hydrogens is 228 g/mol. The molecule has 0 bridgehead atoms. The first kappa shape index (κ1) is 15.9. The Morgan fingerprint density at radius 1 is 0.444 bits per heavy atom. The van der Waals surface area contributed by atoms with Crippen LogP contribution in [-0.4, -0.2) is 65.6 Å². The Morgan fingerprint density at radius 3 is 1.06 bits per heavy atom. The molecule has 0 radical (unpaired) electrons. The highest BCUT2D eigenvalue weighted by Gasteiger charge is 1.94. The molecule has 5 heteroatoms. The van der Waals surface area contributed by atoms with Crippen molar-refractivity contribution in [1.82, 2.24) is 21.3 Å². The molecule has 3 saturated heterocycles. The van der Waals surface area contributed by atoms with E-state index in [4.69, 9.17) is 4.74 Å². The van der Waals surface area contributed by atoms with Crippen LogP contribution in [-0.2, 0) is 4.74 Å². The fourth-order valence-corrected chi connectivity index (χ4v) is 1.92. The molecule has 0 atom stereocenters. The molecule has 108 valence electrons. The highest BCUT2D eigenvalue weighted by Crippen LogP contribution is 1.96. The van der Waals surface area contributed by atoms with Crippen LogP contribution in [0.2, 0.25) is 0 Å². The van der Waals surface area contributed by atoms with E-state index in [9.17, 15) is 0 Å². The molecule has 3 heterocycles. The number of piperidine rings is 1. The number of morpholine rings is 1. The highest BCUT2D eigenvalue weighted by atomic mass is 16.5. The minimum absolute atomic E-state index is 0.889. The van der Waals surface area contributed by atoms with Gasteiger partial charge in [-0.15, -0.1) is 0 Å². The Bertz CT molecular complexity index is 94.0. The Hall–Kier alpha value is -0.200. The summed E-state index contributed by atoms with van der Waals surface area (Å²) in [4.78, 5) is 0. The summed E-state index contributed by atoms with van der Waals surface area (Å²) < 4.78 is 5.01. The number of nitrogens with one attached hydrogen (secondary N) is 4. The van der Waals surface area contributed by atoms with Crippen molar-refractivity contribution >= 4 is 0 Å². The minimum atomic E-state index is 0.889. The number of hydrogen-bond donors (Lipinski definition) is 4. The summed E-state index contributed by atoms with van der Waals surface area (Å²) >= 11 is 0. The molecule has 4 N–H and O–H groups in total. The SMILES string of the molecule is C1CCNCC1.C1CNCCN1.C1COCCN1. The fraction of sp³-hybridized carbons (Fsp3) is 1.00. The molecule has 0 aromatic carbocycles. The summed E-state index contributed by atoms with van der Waals surface area (Å²) in [5.41, 5.74) is 0. The maximum absolute atomic E-state index is 5.01. The second kappa shape index (κ2) is 13.2. The van der Waals surface area contributed by atoms with Crippen LogP contribution in [0.4, 0.5) is 0 Å². The lowest BCUT2D eigenvalue weighted by molar-refractivity contribution is 0.109. The summed E-state index contributed by atoms with van der Waals surface area (Å²) in [6.45, 7) is 10.9. The molecule has 0 aliphatic carbocycles. The van der Waals surface area contributed by atoms with E-state index >= 15 is 0 Å². The first-order valence-corrected chi connectivity index (χ1v) is 7.41. The second-order valence-electron chi connectivity index (χ2n) is 4.67. The van der Waals surface area contributed by atoms with Crippen molar-refractivity contribution in [3.05, 3.63) is 0 Å². The molecule has 0 unspecified atom stereocenters. The zero-order valence-electron chi connectivity index (χ0n) is 11.6. The molecule has 0 aromatic rings. The summed E-state index contributed by atoms with van der Waals surface area (Å²) in [6.07, 6.45) is 4.22. The van der Waals surface area contributed by atoms with Gasteiger partial charge in [-0.2, -0.15) is 0 Å². The molecule has 0 saturated carbocycles. The lowest BCUT2D eigenvalue weighted by Crippen LogP contribution is -2.39. The summed E-state index contributed by atoms with van der Waals surface area (Å²) in [7, 11) is 0. The Morgan fingerprint density at radius 2 is 0.889 bits per heavy atom. The van der Waals surface area contributed by atoms with Crippen LogP contribution < -0.4 is 21.3 Å². The lowest BCUT2D eigenvalue weighted by atomic mass is 10.2. The maximum Gasteiger partial charge on any atom is 0.0591 e. The molecule has 3 rings (SSSR count). The molecule has 3 aliphatic rings. The van der Waals surface area contributed by atoms with Gasteiger partial charge >= 0.3 is 0 Å². The first-order valence-electron chi connectivity index (χ1n) is 7.41. The first-order chi connectivity index (χ1) is 9.00. The van der Waals surface area contributed by atoms with Gasteiger partial charge in [0.2, 0.25) is 0 Å². The van der Waals surface area contributed by atoms with Gasteiger partial charge in [-0.3, -0.25) is 0 Å². The van der Waals surface area contributed by atoms with Crippen LogP contribution in [0.15, 0.2) is 0 Å². The molecule has 3 fully saturated rings. The van der Waals surface area contributed by atoms with Crippen LogP contribution in [0.1, 0.15) is 19.3 Å². The van der Waals surface area contributed by atoms with Crippen LogP contribution in [0.5, 0.6) is 0 Å². The van der Waals surface area contributed by atoms with Crippen LogP contribution in [0.3, 0.4) is 0 Å². The average Bonchev–Trinajstić information content (AvgIpc) is 2.54. The molecule has 18 heavy (non-hydrogen) atoms. The summed E-state index contributed by atoms with van der Waals surface area (Å²) in [5, 5.41) is 12.9. The van der Waals surface area contributed by atoms with Gasteiger partial charge in [0, 0.05) is 39.3 Å². The van der Waals surface area contributed by atoms with Gasteiger partial charge in [-0.1, -0.05) is 6.42 Å². The van der Waals surface area contributed by atoms with Crippen molar-refractivity contribution in [2.45, 2.75) is 19.3 Å². The molecule has 0 amide bonds. The van der Waals surface area contributed by atoms with Crippen molar-refractivity contribution in [2.24, 2.45) is 0 Å². The minimum Gasteiger partial charge on any atom is -0.379 e. The highest BCUT2D eigenvalue weighted by molar-refractivity contribution is 4.59. The Kier molecular flexibility index (Phi) is 11.7. The van der Waals surface area contributed by atoms with Gasteiger partial charge in [0.05, 0.1) is 13.2 Å². The van der Waals surface area contributed by atoms with Crippen molar-refractivity contribution in [3.8, 4) is 0 Å². The fourth-order valence-electron chi connectivity index (χ4n) is 1.92. The quantitative estimate of drug-likeness (QED) is 0.474. The van der Waals surface area contributed by atoms with Crippen molar-refractivity contribution < 1.29 is 4.74 Å². The van der Waals surface area contributed by atoms with E-state index in [1.165, 1.54) is 32.4 Å². The number of piperazine rings is 1. The van der Waals surface area contributed by atoms with E-state index in [2.05, 4.69) is 21.3 Å². The third kappa shape index (κ3) is 10.9. The zero-order chi connectivity index (χ0) is 12.7. The van der Waals surface area contributed by atoms with Crippen LogP contribution in [0, 0.1) is 0 Å².